The third kappa shape index (κ3) is 9.08. The van der Waals surface area contributed by atoms with Crippen molar-refractivity contribution >= 4 is 28.1 Å². The Morgan fingerprint density at radius 1 is 1.37 bits per heavy atom. The minimum atomic E-state index is -4.29. The van der Waals surface area contributed by atoms with Gasteiger partial charge in [0.05, 0.1) is 10.5 Å². The number of nitro groups is 1. The van der Waals surface area contributed by atoms with Crippen molar-refractivity contribution in [1.82, 2.24) is 10.0 Å². The maximum atomic E-state index is 12.0. The highest BCUT2D eigenvalue weighted by molar-refractivity contribution is 7.89. The number of ether oxygens (including phenoxy) is 1. The molecule has 1 aromatic carbocycles. The molecule has 1 rings (SSSR count). The third-order valence-corrected chi connectivity index (χ3v) is 4.48. The van der Waals surface area contributed by atoms with Crippen LogP contribution in [0.4, 0.5) is 5.69 Å². The first-order chi connectivity index (χ1) is 12.4. The summed E-state index contributed by atoms with van der Waals surface area (Å²) < 4.78 is 30.8. The van der Waals surface area contributed by atoms with E-state index in [4.69, 9.17) is 9.84 Å². The number of carboxylic acids is 1. The predicted molar refractivity (Wildman–Crippen MR) is 95.7 cm³/mol. The number of carboxylic acid groups (broad SMARTS) is 1. The molecule has 0 aromatic heterocycles. The molecule has 0 unspecified atom stereocenters. The van der Waals surface area contributed by atoms with Crippen molar-refractivity contribution < 1.29 is 32.8 Å². The molecule has 0 fully saturated rings. The van der Waals surface area contributed by atoms with Gasteiger partial charge in [0.15, 0.2) is 4.90 Å². The summed E-state index contributed by atoms with van der Waals surface area (Å²) in [6, 6.07) is 3.13. The molecule has 27 heavy (non-hydrogen) atoms. The minimum Gasteiger partial charge on any atom is -0.480 e. The average molecular weight is 405 g/mol. The fourth-order valence-corrected chi connectivity index (χ4v) is 2.62. The second kappa shape index (κ2) is 10.5. The SMILES string of the molecule is COC(C)(C)C.O=CN[C@@H](CNS(=O)(=O)c1ccccc1[N+](=O)[O-])C(=O)O. The first kappa shape index (κ1) is 24.4. The van der Waals surface area contributed by atoms with Gasteiger partial charge in [0.1, 0.15) is 6.04 Å². The van der Waals surface area contributed by atoms with E-state index in [1.807, 2.05) is 30.8 Å². The van der Waals surface area contributed by atoms with Crippen molar-refractivity contribution in [3.05, 3.63) is 34.4 Å². The van der Waals surface area contributed by atoms with Crippen LogP contribution >= 0.6 is 0 Å². The van der Waals surface area contributed by atoms with E-state index < -0.39 is 44.1 Å². The number of carbonyl (C=O) groups is 2. The van der Waals surface area contributed by atoms with Crippen molar-refractivity contribution in [1.29, 1.82) is 0 Å². The number of para-hydroxylation sites is 1. The van der Waals surface area contributed by atoms with Crippen LogP contribution in [0.2, 0.25) is 0 Å². The molecule has 0 radical (unpaired) electrons. The Bertz CT molecular complexity index is 759. The Balaban J connectivity index is 0.000000972. The molecule has 1 aromatic rings. The Labute approximate surface area is 156 Å². The van der Waals surface area contributed by atoms with Crippen LogP contribution in [0.5, 0.6) is 0 Å². The lowest BCUT2D eigenvalue weighted by molar-refractivity contribution is -0.387. The third-order valence-electron chi connectivity index (χ3n) is 3.01. The van der Waals surface area contributed by atoms with E-state index in [1.54, 1.807) is 7.11 Å². The summed E-state index contributed by atoms with van der Waals surface area (Å²) >= 11 is 0. The number of hydrogen-bond donors (Lipinski definition) is 3. The van der Waals surface area contributed by atoms with Crippen LogP contribution in [0.1, 0.15) is 20.8 Å². The molecule has 0 bridgehead atoms. The lowest BCUT2D eigenvalue weighted by Gasteiger charge is -2.14. The molecule has 0 spiro atoms. The van der Waals surface area contributed by atoms with Gasteiger partial charge in [0.2, 0.25) is 16.4 Å². The lowest BCUT2D eigenvalue weighted by atomic mass is 10.2. The number of carbonyl (C=O) groups excluding carboxylic acids is 1. The molecule has 0 saturated carbocycles. The number of aliphatic carboxylic acids is 1. The Kier molecular flexibility index (Phi) is 9.54. The Hall–Kier alpha value is -2.57. The van der Waals surface area contributed by atoms with Gasteiger partial charge in [-0.3, -0.25) is 14.9 Å². The summed E-state index contributed by atoms with van der Waals surface area (Å²) in [6.45, 7) is 5.41. The van der Waals surface area contributed by atoms with E-state index in [0.717, 1.165) is 12.1 Å². The largest absolute Gasteiger partial charge is 0.480 e. The zero-order valence-electron chi connectivity index (χ0n) is 15.3. The molecule has 0 aliphatic heterocycles. The topological polar surface area (TPSA) is 165 Å². The van der Waals surface area contributed by atoms with Crippen LogP contribution in [0, 0.1) is 10.1 Å². The van der Waals surface area contributed by atoms with Gasteiger partial charge in [-0.15, -0.1) is 0 Å². The predicted octanol–water partition coefficient (Wildman–Crippen LogP) is 0.504. The molecular weight excluding hydrogens is 382 g/mol. The number of amides is 1. The fourth-order valence-electron chi connectivity index (χ4n) is 1.41. The minimum absolute atomic E-state index is 0.0417. The van der Waals surface area contributed by atoms with E-state index in [9.17, 15) is 28.1 Å². The Morgan fingerprint density at radius 3 is 2.30 bits per heavy atom. The van der Waals surface area contributed by atoms with Crippen LogP contribution in [0.15, 0.2) is 29.2 Å². The lowest BCUT2D eigenvalue weighted by Crippen LogP contribution is -2.45. The number of methoxy groups -OCH3 is 1. The highest BCUT2D eigenvalue weighted by atomic mass is 32.2. The average Bonchev–Trinajstić information content (AvgIpc) is 2.58. The summed E-state index contributed by atoms with van der Waals surface area (Å²) in [4.78, 5) is 30.3. The fraction of sp³-hybridized carbons (Fsp3) is 0.467. The zero-order valence-corrected chi connectivity index (χ0v) is 16.1. The summed E-state index contributed by atoms with van der Waals surface area (Å²) in [5, 5.41) is 21.4. The van der Waals surface area contributed by atoms with Crippen molar-refractivity contribution in [3.8, 4) is 0 Å². The van der Waals surface area contributed by atoms with E-state index in [0.29, 0.717) is 0 Å². The number of benzene rings is 1. The van der Waals surface area contributed by atoms with E-state index in [-0.39, 0.29) is 12.0 Å². The summed E-state index contributed by atoms with van der Waals surface area (Å²) in [6.07, 6.45) is 0.109. The molecule has 0 saturated heterocycles. The monoisotopic (exact) mass is 405 g/mol. The summed E-state index contributed by atoms with van der Waals surface area (Å²) in [7, 11) is -2.59. The maximum absolute atomic E-state index is 12.0. The summed E-state index contributed by atoms with van der Waals surface area (Å²) in [5.74, 6) is -1.45. The van der Waals surface area contributed by atoms with Gasteiger partial charge in [0, 0.05) is 19.7 Å². The number of nitrogens with zero attached hydrogens (tertiary/aromatic N) is 1. The van der Waals surface area contributed by atoms with E-state index in [2.05, 4.69) is 0 Å². The van der Waals surface area contributed by atoms with Gasteiger partial charge >= 0.3 is 5.97 Å². The number of rotatable bonds is 8. The first-order valence-corrected chi connectivity index (χ1v) is 9.04. The zero-order chi connectivity index (χ0) is 21.3. The molecule has 152 valence electrons. The van der Waals surface area contributed by atoms with Crippen LogP contribution in [-0.2, 0) is 24.3 Å². The molecule has 1 atom stereocenters. The molecule has 0 heterocycles. The van der Waals surface area contributed by atoms with Gasteiger partial charge in [-0.25, -0.2) is 17.9 Å². The van der Waals surface area contributed by atoms with Gasteiger partial charge in [-0.1, -0.05) is 12.1 Å². The van der Waals surface area contributed by atoms with E-state index in [1.165, 1.54) is 12.1 Å². The second-order valence-electron chi connectivity index (χ2n) is 6.07. The van der Waals surface area contributed by atoms with Crippen LogP contribution < -0.4 is 10.0 Å². The molecule has 11 nitrogen and oxygen atoms in total. The van der Waals surface area contributed by atoms with Crippen molar-refractivity contribution in [2.24, 2.45) is 0 Å². The summed E-state index contributed by atoms with van der Waals surface area (Å²) in [5.41, 5.74) is -0.597. The Morgan fingerprint density at radius 2 is 1.89 bits per heavy atom. The smallest absolute Gasteiger partial charge is 0.327 e. The van der Waals surface area contributed by atoms with Crippen molar-refractivity contribution in [2.45, 2.75) is 37.3 Å². The molecule has 0 aliphatic carbocycles. The van der Waals surface area contributed by atoms with Gasteiger partial charge < -0.3 is 15.2 Å². The first-order valence-electron chi connectivity index (χ1n) is 7.56. The van der Waals surface area contributed by atoms with Gasteiger partial charge in [0.25, 0.3) is 5.69 Å². The standard InChI is InChI=1S/C10H11N3O7S.C5H12O/c14-6-11-7(10(15)16)5-12-21(19,20)9-4-2-1-3-8(9)13(17)18;1-5(2,3)6-4/h1-4,6-7,12H,5H2,(H,11,14)(H,15,16);1-4H3/t7-;/m0./s1. The molecular formula is C15H23N3O8S. The van der Waals surface area contributed by atoms with Gasteiger partial charge in [-0.2, -0.15) is 0 Å². The van der Waals surface area contributed by atoms with Crippen LogP contribution in [0.25, 0.3) is 0 Å². The highest BCUT2D eigenvalue weighted by Gasteiger charge is 2.27. The quantitative estimate of drug-likeness (QED) is 0.319. The number of hydrogen-bond acceptors (Lipinski definition) is 7. The van der Waals surface area contributed by atoms with Crippen molar-refractivity contribution in [3.63, 3.8) is 0 Å². The van der Waals surface area contributed by atoms with Crippen molar-refractivity contribution in [2.75, 3.05) is 13.7 Å². The van der Waals surface area contributed by atoms with Crippen LogP contribution in [-0.4, -0.2) is 56.1 Å². The van der Waals surface area contributed by atoms with E-state index >= 15 is 0 Å². The molecule has 0 aliphatic rings. The molecule has 1 amide bonds. The maximum Gasteiger partial charge on any atom is 0.327 e. The second-order valence-corrected chi connectivity index (χ2v) is 7.80. The molecule has 3 N–H and O–H groups in total. The number of nitro benzene ring substituents is 1. The molecule has 12 heteroatoms. The van der Waals surface area contributed by atoms with Gasteiger partial charge in [-0.05, 0) is 26.8 Å². The number of nitrogens with one attached hydrogen (secondary N) is 2. The highest BCUT2D eigenvalue weighted by Crippen LogP contribution is 2.22. The number of sulfonamides is 1. The normalized spacial score (nSPS) is 12.3. The van der Waals surface area contributed by atoms with Crippen LogP contribution in [0.3, 0.4) is 0 Å².